The summed E-state index contributed by atoms with van der Waals surface area (Å²) in [4.78, 5) is 6.51. The Labute approximate surface area is 134 Å². The average molecular weight is 310 g/mol. The Hall–Kier alpha value is -2.96. The number of anilines is 4. The number of nitrogens with zero attached hydrogens (tertiary/aromatic N) is 5. The highest BCUT2D eigenvalue weighted by atomic mass is 16.5. The second-order valence-corrected chi connectivity index (χ2v) is 5.17. The lowest BCUT2D eigenvalue weighted by Gasteiger charge is -2.21. The summed E-state index contributed by atoms with van der Waals surface area (Å²) in [7, 11) is 0. The second-order valence-electron chi connectivity index (χ2n) is 5.17. The topological polar surface area (TPSA) is 80.0 Å². The van der Waals surface area contributed by atoms with Gasteiger partial charge in [-0.3, -0.25) is 0 Å². The highest BCUT2D eigenvalue weighted by Crippen LogP contribution is 2.23. The standard InChI is InChI=1S/C16H18N6O/c1-4-22(13-7-5-6-11(2)8-13)16-19-15(10-17-20-16)18-14-9-12(3)23-21-14/h5-10H,4H2,1-3H3,(H,18,19,20,21). The van der Waals surface area contributed by atoms with Crippen LogP contribution in [0.5, 0.6) is 0 Å². The molecule has 0 aliphatic rings. The lowest BCUT2D eigenvalue weighted by atomic mass is 10.2. The monoisotopic (exact) mass is 310 g/mol. The normalized spacial score (nSPS) is 10.6. The average Bonchev–Trinajstić information content (AvgIpc) is 2.94. The predicted molar refractivity (Wildman–Crippen MR) is 88.2 cm³/mol. The Morgan fingerprint density at radius 2 is 2.04 bits per heavy atom. The molecule has 0 atom stereocenters. The van der Waals surface area contributed by atoms with Crippen LogP contribution in [-0.4, -0.2) is 26.9 Å². The van der Waals surface area contributed by atoms with Gasteiger partial charge in [0, 0.05) is 18.3 Å². The van der Waals surface area contributed by atoms with Gasteiger partial charge in [0.2, 0.25) is 0 Å². The van der Waals surface area contributed by atoms with Crippen LogP contribution in [0.15, 0.2) is 41.1 Å². The van der Waals surface area contributed by atoms with Crippen molar-refractivity contribution in [3.63, 3.8) is 0 Å². The van der Waals surface area contributed by atoms with Gasteiger partial charge in [-0.05, 0) is 38.5 Å². The molecule has 0 fully saturated rings. The Bertz CT molecular complexity index is 801. The zero-order chi connectivity index (χ0) is 16.2. The molecule has 23 heavy (non-hydrogen) atoms. The maximum Gasteiger partial charge on any atom is 0.251 e. The number of hydrogen-bond acceptors (Lipinski definition) is 7. The van der Waals surface area contributed by atoms with Crippen molar-refractivity contribution in [3.05, 3.63) is 47.9 Å². The molecule has 0 saturated carbocycles. The maximum absolute atomic E-state index is 5.03. The zero-order valence-electron chi connectivity index (χ0n) is 13.3. The molecule has 0 saturated heterocycles. The van der Waals surface area contributed by atoms with Crippen molar-refractivity contribution in [3.8, 4) is 0 Å². The summed E-state index contributed by atoms with van der Waals surface area (Å²) in [5.74, 6) is 2.41. The number of hydrogen-bond donors (Lipinski definition) is 1. The Morgan fingerprint density at radius 1 is 1.17 bits per heavy atom. The number of aromatic nitrogens is 4. The van der Waals surface area contributed by atoms with Crippen LogP contribution in [0, 0.1) is 13.8 Å². The molecule has 1 aromatic carbocycles. The van der Waals surface area contributed by atoms with E-state index < -0.39 is 0 Å². The third kappa shape index (κ3) is 3.45. The van der Waals surface area contributed by atoms with Gasteiger partial charge in [-0.25, -0.2) is 0 Å². The van der Waals surface area contributed by atoms with Crippen LogP contribution >= 0.6 is 0 Å². The third-order valence-corrected chi connectivity index (χ3v) is 3.30. The lowest BCUT2D eigenvalue weighted by molar-refractivity contribution is 0.400. The highest BCUT2D eigenvalue weighted by Gasteiger charge is 2.12. The lowest BCUT2D eigenvalue weighted by Crippen LogP contribution is -2.19. The Balaban J connectivity index is 1.88. The first-order valence-corrected chi connectivity index (χ1v) is 7.40. The zero-order valence-corrected chi connectivity index (χ0v) is 13.3. The van der Waals surface area contributed by atoms with Crippen molar-refractivity contribution in [2.45, 2.75) is 20.8 Å². The molecule has 3 aromatic rings. The summed E-state index contributed by atoms with van der Waals surface area (Å²) in [6.45, 7) is 6.67. The van der Waals surface area contributed by atoms with Crippen LogP contribution in [0.25, 0.3) is 0 Å². The number of rotatable bonds is 5. The van der Waals surface area contributed by atoms with Crippen LogP contribution in [0.4, 0.5) is 23.3 Å². The SMILES string of the molecule is CCN(c1cccc(C)c1)c1nncc(Nc2cc(C)on2)n1. The Morgan fingerprint density at radius 3 is 2.74 bits per heavy atom. The molecule has 0 unspecified atom stereocenters. The molecule has 7 heteroatoms. The van der Waals surface area contributed by atoms with E-state index in [4.69, 9.17) is 4.52 Å². The number of benzene rings is 1. The molecule has 118 valence electrons. The van der Waals surface area contributed by atoms with Crippen molar-refractivity contribution in [1.29, 1.82) is 0 Å². The molecule has 0 bridgehead atoms. The maximum atomic E-state index is 5.03. The largest absolute Gasteiger partial charge is 0.360 e. The van der Waals surface area contributed by atoms with E-state index in [-0.39, 0.29) is 0 Å². The number of aryl methyl sites for hydroxylation is 2. The van der Waals surface area contributed by atoms with Crippen LogP contribution in [0.1, 0.15) is 18.2 Å². The predicted octanol–water partition coefficient (Wildman–Crippen LogP) is 3.38. The first-order valence-electron chi connectivity index (χ1n) is 7.40. The van der Waals surface area contributed by atoms with E-state index in [0.29, 0.717) is 17.6 Å². The summed E-state index contributed by atoms with van der Waals surface area (Å²) in [5.41, 5.74) is 2.21. The smallest absolute Gasteiger partial charge is 0.251 e. The van der Waals surface area contributed by atoms with E-state index in [2.05, 4.69) is 44.7 Å². The minimum atomic E-state index is 0.531. The van der Waals surface area contributed by atoms with Crippen LogP contribution in [0.2, 0.25) is 0 Å². The van der Waals surface area contributed by atoms with Crippen LogP contribution < -0.4 is 10.2 Å². The molecule has 7 nitrogen and oxygen atoms in total. The molecule has 0 spiro atoms. The van der Waals surface area contributed by atoms with E-state index in [1.54, 1.807) is 12.3 Å². The van der Waals surface area contributed by atoms with Crippen molar-refractivity contribution in [2.24, 2.45) is 0 Å². The van der Waals surface area contributed by atoms with Gasteiger partial charge < -0.3 is 14.7 Å². The van der Waals surface area contributed by atoms with Gasteiger partial charge >= 0.3 is 0 Å². The van der Waals surface area contributed by atoms with E-state index >= 15 is 0 Å². The quantitative estimate of drug-likeness (QED) is 0.773. The summed E-state index contributed by atoms with van der Waals surface area (Å²) < 4.78 is 5.03. The van der Waals surface area contributed by atoms with E-state index in [1.807, 2.05) is 30.9 Å². The van der Waals surface area contributed by atoms with Crippen LogP contribution in [0.3, 0.4) is 0 Å². The summed E-state index contributed by atoms with van der Waals surface area (Å²) >= 11 is 0. The molecule has 3 rings (SSSR count). The van der Waals surface area contributed by atoms with Gasteiger partial charge in [0.25, 0.3) is 5.95 Å². The molecule has 0 aliphatic heterocycles. The second kappa shape index (κ2) is 6.43. The molecular weight excluding hydrogens is 292 g/mol. The number of nitrogens with one attached hydrogen (secondary N) is 1. The van der Waals surface area contributed by atoms with Gasteiger partial charge in [0.05, 0.1) is 6.20 Å². The molecule has 2 heterocycles. The molecule has 0 aliphatic carbocycles. The fourth-order valence-electron chi connectivity index (χ4n) is 2.26. The minimum Gasteiger partial charge on any atom is -0.360 e. The van der Waals surface area contributed by atoms with E-state index in [1.165, 1.54) is 5.56 Å². The van der Waals surface area contributed by atoms with Gasteiger partial charge in [-0.15, -0.1) is 5.10 Å². The van der Waals surface area contributed by atoms with Gasteiger partial charge in [0.15, 0.2) is 11.6 Å². The van der Waals surface area contributed by atoms with Crippen LogP contribution in [-0.2, 0) is 0 Å². The first-order chi connectivity index (χ1) is 11.2. The summed E-state index contributed by atoms with van der Waals surface area (Å²) in [5, 5.41) is 15.1. The summed E-state index contributed by atoms with van der Waals surface area (Å²) in [6, 6.07) is 9.98. The minimum absolute atomic E-state index is 0.531. The van der Waals surface area contributed by atoms with Gasteiger partial charge in [-0.2, -0.15) is 10.1 Å². The van der Waals surface area contributed by atoms with E-state index in [0.717, 1.165) is 18.0 Å². The molecule has 2 aromatic heterocycles. The van der Waals surface area contributed by atoms with Crippen molar-refractivity contribution >= 4 is 23.3 Å². The highest BCUT2D eigenvalue weighted by molar-refractivity contribution is 5.60. The first kappa shape index (κ1) is 15.0. The van der Waals surface area contributed by atoms with Crippen molar-refractivity contribution in [1.82, 2.24) is 20.3 Å². The molecule has 0 radical (unpaired) electrons. The molecule has 0 amide bonds. The third-order valence-electron chi connectivity index (χ3n) is 3.30. The summed E-state index contributed by atoms with van der Waals surface area (Å²) in [6.07, 6.45) is 1.55. The fraction of sp³-hybridized carbons (Fsp3) is 0.250. The van der Waals surface area contributed by atoms with E-state index in [9.17, 15) is 0 Å². The Kier molecular flexibility index (Phi) is 4.18. The molecule has 1 N–H and O–H groups in total. The van der Waals surface area contributed by atoms with Crippen molar-refractivity contribution < 1.29 is 4.52 Å². The van der Waals surface area contributed by atoms with Crippen molar-refractivity contribution in [2.75, 3.05) is 16.8 Å². The fourth-order valence-corrected chi connectivity index (χ4v) is 2.26. The van der Waals surface area contributed by atoms with Gasteiger partial charge in [0.1, 0.15) is 5.76 Å². The van der Waals surface area contributed by atoms with Gasteiger partial charge in [-0.1, -0.05) is 17.3 Å². The molecular formula is C16H18N6O.